The molecule has 1 aliphatic heterocycles. The average Bonchev–Trinajstić information content (AvgIpc) is 3.13. The number of nitrogens with zero attached hydrogens (tertiary/aromatic N) is 2. The summed E-state index contributed by atoms with van der Waals surface area (Å²) in [4.78, 5) is 28.5. The molecule has 14 heteroatoms. The molecule has 216 valence electrons. The second-order valence-electron chi connectivity index (χ2n) is 10.1. The minimum Gasteiger partial charge on any atom is -0.395 e. The minimum absolute atomic E-state index is 0.115. The van der Waals surface area contributed by atoms with E-state index in [2.05, 4.69) is 10.1 Å². The Morgan fingerprint density at radius 1 is 1.28 bits per heavy atom. The second kappa shape index (κ2) is 13.2. The molecule has 1 aromatic carbocycles. The Morgan fingerprint density at radius 3 is 2.62 bits per heavy atom. The molecule has 4 N–H and O–H groups in total. The summed E-state index contributed by atoms with van der Waals surface area (Å²) in [5.74, 6) is 0.158. The molecule has 0 radical (unpaired) electrons. The van der Waals surface area contributed by atoms with Gasteiger partial charge in [0.1, 0.15) is 17.8 Å². The first-order valence-corrected chi connectivity index (χ1v) is 14.9. The van der Waals surface area contributed by atoms with Gasteiger partial charge in [0.15, 0.2) is 11.3 Å². The van der Waals surface area contributed by atoms with Crippen molar-refractivity contribution in [3.63, 3.8) is 0 Å². The highest BCUT2D eigenvalue weighted by atomic mass is 32.2. The summed E-state index contributed by atoms with van der Waals surface area (Å²) in [7, 11) is -4.00. The van der Waals surface area contributed by atoms with Crippen LogP contribution in [-0.4, -0.2) is 73.4 Å². The van der Waals surface area contributed by atoms with Gasteiger partial charge in [-0.1, -0.05) is 42.1 Å². The molecule has 1 unspecified atom stereocenters. The summed E-state index contributed by atoms with van der Waals surface area (Å²) < 4.78 is 31.6. The smallest absolute Gasteiger partial charge is 0.395 e. The maximum atomic E-state index is 13.6. The summed E-state index contributed by atoms with van der Waals surface area (Å²) in [6.45, 7) is 5.48. The molecule has 1 aromatic heterocycles. The van der Waals surface area contributed by atoms with Crippen molar-refractivity contribution in [1.29, 1.82) is 0 Å². The van der Waals surface area contributed by atoms with Crippen LogP contribution < -0.4 is 10.8 Å². The number of carbonyl (C=O) groups is 1. The van der Waals surface area contributed by atoms with Crippen LogP contribution in [0.15, 0.2) is 47.4 Å². The number of hydrogen-bond donors (Lipinski definition) is 4. The first-order valence-electron chi connectivity index (χ1n) is 12.4. The fourth-order valence-corrected chi connectivity index (χ4v) is 5.93. The maximum Gasteiger partial charge on any atom is 0.405 e. The lowest BCUT2D eigenvalue weighted by molar-refractivity contribution is -0.119. The van der Waals surface area contributed by atoms with Gasteiger partial charge in [-0.2, -0.15) is 4.98 Å². The van der Waals surface area contributed by atoms with Crippen LogP contribution in [0.5, 0.6) is 0 Å². The van der Waals surface area contributed by atoms with Gasteiger partial charge in [0.25, 0.3) is 0 Å². The number of aliphatic hydroxyl groups excluding tert-OH is 2. The zero-order valence-corrected chi connectivity index (χ0v) is 24.1. The fraction of sp³-hybridized carbons (Fsp3) is 0.560. The Kier molecular flexibility index (Phi) is 10.7. The van der Waals surface area contributed by atoms with Crippen molar-refractivity contribution in [2.75, 3.05) is 25.6 Å². The lowest BCUT2D eigenvalue weighted by Gasteiger charge is -2.27. The number of benzene rings is 1. The van der Waals surface area contributed by atoms with Gasteiger partial charge in [0.05, 0.1) is 25.2 Å². The number of nitrogens with one attached hydrogen (secondary N) is 1. The quantitative estimate of drug-likeness (QED) is 0.199. The molecule has 0 amide bonds. The zero-order chi connectivity index (χ0) is 28.8. The predicted molar refractivity (Wildman–Crippen MR) is 145 cm³/mol. The largest absolute Gasteiger partial charge is 0.405 e. The van der Waals surface area contributed by atoms with Crippen molar-refractivity contribution < 1.29 is 38.5 Å². The van der Waals surface area contributed by atoms with E-state index in [4.69, 9.17) is 13.8 Å². The number of rotatable bonds is 13. The molecule has 0 saturated carbocycles. The van der Waals surface area contributed by atoms with Gasteiger partial charge >= 0.3 is 13.4 Å². The van der Waals surface area contributed by atoms with Crippen molar-refractivity contribution in [3.05, 3.63) is 64.3 Å². The van der Waals surface area contributed by atoms with Crippen molar-refractivity contribution in [3.8, 4) is 0 Å². The van der Waals surface area contributed by atoms with Crippen LogP contribution in [0.3, 0.4) is 0 Å². The first kappa shape index (κ1) is 31.6. The molecule has 3 rings (SSSR count). The maximum absolute atomic E-state index is 13.6. The molecule has 39 heavy (non-hydrogen) atoms. The van der Waals surface area contributed by atoms with Gasteiger partial charge in [-0.25, -0.2) is 14.4 Å². The van der Waals surface area contributed by atoms with Crippen LogP contribution in [0.25, 0.3) is 0 Å². The van der Waals surface area contributed by atoms with E-state index in [1.807, 2.05) is 30.3 Å². The van der Waals surface area contributed by atoms with E-state index in [0.29, 0.717) is 5.69 Å². The highest BCUT2D eigenvalue weighted by molar-refractivity contribution is 8.13. The van der Waals surface area contributed by atoms with Gasteiger partial charge in [0.2, 0.25) is 0 Å². The predicted octanol–water partition coefficient (Wildman–Crippen LogP) is 1.77. The fourth-order valence-electron chi connectivity index (χ4n) is 3.69. The second-order valence-corrected chi connectivity index (χ2v) is 13.0. The van der Waals surface area contributed by atoms with Gasteiger partial charge in [-0.05, 0) is 39.3 Å². The molecule has 12 nitrogen and oxygen atoms in total. The number of thioether (sulfide) groups is 1. The number of ether oxygens (including phenoxy) is 1. The first-order chi connectivity index (χ1) is 18.3. The normalized spacial score (nSPS) is 24.9. The molecule has 1 aliphatic rings. The van der Waals surface area contributed by atoms with Crippen molar-refractivity contribution in [1.82, 2.24) is 14.6 Å². The molecule has 1 saturated heterocycles. The number of hydrogen-bond acceptors (Lipinski definition) is 11. The average molecular weight is 586 g/mol. The number of aliphatic hydroxyl groups is 3. The van der Waals surface area contributed by atoms with E-state index < -0.39 is 49.5 Å². The summed E-state index contributed by atoms with van der Waals surface area (Å²) in [5, 5.41) is 33.6. The Labute approximate surface area is 231 Å². The van der Waals surface area contributed by atoms with Crippen LogP contribution in [0.1, 0.15) is 38.3 Å². The summed E-state index contributed by atoms with van der Waals surface area (Å²) in [5.41, 5.74) is -2.17. The molecule has 1 fully saturated rings. The van der Waals surface area contributed by atoms with Crippen molar-refractivity contribution in [2.24, 2.45) is 5.41 Å². The van der Waals surface area contributed by atoms with Gasteiger partial charge in [-0.15, -0.1) is 0 Å². The lowest BCUT2D eigenvalue weighted by Crippen LogP contribution is -2.46. The highest BCUT2D eigenvalue weighted by Gasteiger charge is 2.54. The van der Waals surface area contributed by atoms with E-state index in [1.54, 1.807) is 26.8 Å². The monoisotopic (exact) mass is 585 g/mol. The minimum atomic E-state index is -4.00. The molecule has 2 aromatic rings. The van der Waals surface area contributed by atoms with Gasteiger partial charge in [-0.3, -0.25) is 18.4 Å². The molecule has 5 atom stereocenters. The molecule has 0 spiro atoms. The van der Waals surface area contributed by atoms with Crippen molar-refractivity contribution in [2.45, 2.75) is 58.3 Å². The third-order valence-corrected chi connectivity index (χ3v) is 8.97. The summed E-state index contributed by atoms with van der Waals surface area (Å²) in [6.07, 6.45) is -2.51. The third-order valence-electron chi connectivity index (χ3n) is 6.23. The SMILES string of the molecule is Cc1ccn([C@@H]2O[C@H](COP(=O)(NCc3ccccc3)OCCSC(=O)C(C)(C)CO)[C@@H](O)[C@@]2(C)O)c(=O)n1. The Morgan fingerprint density at radius 2 is 1.97 bits per heavy atom. The molecule has 0 bridgehead atoms. The Balaban J connectivity index is 1.68. The number of aryl methyl sites for hydroxylation is 1. The number of aromatic nitrogens is 2. The van der Waals surface area contributed by atoms with E-state index in [-0.39, 0.29) is 30.6 Å². The van der Waals surface area contributed by atoms with Crippen LogP contribution >= 0.6 is 19.5 Å². The molecular formula is C25H36N3O9PS. The van der Waals surface area contributed by atoms with Gasteiger partial charge in [0, 0.05) is 24.2 Å². The van der Waals surface area contributed by atoms with Crippen LogP contribution in [0.4, 0.5) is 0 Å². The number of carbonyl (C=O) groups excluding carboxylic acids is 1. The zero-order valence-electron chi connectivity index (χ0n) is 22.4. The summed E-state index contributed by atoms with van der Waals surface area (Å²) in [6, 6.07) is 10.7. The van der Waals surface area contributed by atoms with Crippen LogP contribution in [-0.2, 0) is 29.7 Å². The Bertz CT molecular complexity index is 1220. The van der Waals surface area contributed by atoms with E-state index in [0.717, 1.165) is 21.9 Å². The topological polar surface area (TPSA) is 169 Å². The van der Waals surface area contributed by atoms with Crippen LogP contribution in [0, 0.1) is 12.3 Å². The molecular weight excluding hydrogens is 549 g/mol. The lowest BCUT2D eigenvalue weighted by atomic mass is 9.96. The van der Waals surface area contributed by atoms with Crippen molar-refractivity contribution >= 4 is 24.6 Å². The van der Waals surface area contributed by atoms with E-state index in [1.165, 1.54) is 13.1 Å². The summed E-state index contributed by atoms with van der Waals surface area (Å²) >= 11 is 0.942. The molecule has 2 heterocycles. The van der Waals surface area contributed by atoms with E-state index in [9.17, 15) is 29.5 Å². The standard InChI is InChI=1S/C25H36N3O9PS/c1-17-10-11-28(23(32)27-17)21-25(4,33)20(30)19(37-21)15-36-38(34,26-14-18-8-6-5-7-9-18)35-12-13-39-22(31)24(2,3)16-29/h5-11,19-21,29-30,33H,12-16H2,1-4H3,(H,26,34)/t19-,20-,21-,25-,38?/m1/s1. The van der Waals surface area contributed by atoms with Crippen LogP contribution in [0.2, 0.25) is 0 Å². The molecule has 0 aliphatic carbocycles. The third kappa shape index (κ3) is 8.06. The van der Waals surface area contributed by atoms with E-state index >= 15 is 0 Å². The Hall–Kier alpha value is -1.93. The highest BCUT2D eigenvalue weighted by Crippen LogP contribution is 2.46. The van der Waals surface area contributed by atoms with Gasteiger partial charge < -0.3 is 20.1 Å².